The molecule has 2 rings (SSSR count). The fourth-order valence-corrected chi connectivity index (χ4v) is 2.86. The number of amides is 1. The normalized spacial score (nSPS) is 18.5. The van der Waals surface area contributed by atoms with Gasteiger partial charge in [-0.15, -0.1) is 0 Å². The highest BCUT2D eigenvalue weighted by atomic mass is 19.4. The molecule has 1 saturated heterocycles. The van der Waals surface area contributed by atoms with E-state index in [-0.39, 0.29) is 5.91 Å². The van der Waals surface area contributed by atoms with Crippen molar-refractivity contribution in [2.24, 2.45) is 0 Å². The van der Waals surface area contributed by atoms with Crippen LogP contribution in [0.15, 0.2) is 30.3 Å². The molecule has 1 aliphatic heterocycles. The highest BCUT2D eigenvalue weighted by molar-refractivity contribution is 5.87. The number of hydrogen-bond donors (Lipinski definition) is 1. The lowest BCUT2D eigenvalue weighted by atomic mass is 9.83. The van der Waals surface area contributed by atoms with Crippen molar-refractivity contribution in [3.8, 4) is 0 Å². The van der Waals surface area contributed by atoms with Gasteiger partial charge in [0.15, 0.2) is 6.10 Å². The summed E-state index contributed by atoms with van der Waals surface area (Å²) in [5.74, 6) is -0.0373. The molecule has 1 aromatic rings. The predicted octanol–water partition coefficient (Wildman–Crippen LogP) is 2.03. The summed E-state index contributed by atoms with van der Waals surface area (Å²) in [6.07, 6.45) is -6.96. The standard InChI is InChI=1S/C17H23F3N2O2/c1-16(2,13-6-4-3-5-7-13)15(24)22-10-8-21(9-11-22)12-14(23)17(18,19)20/h3-7,14,23H,8-12H2,1-2H3. The minimum Gasteiger partial charge on any atom is -0.382 e. The van der Waals surface area contributed by atoms with Gasteiger partial charge in [0.1, 0.15) is 0 Å². The topological polar surface area (TPSA) is 43.8 Å². The number of rotatable bonds is 4. The molecule has 1 atom stereocenters. The Labute approximate surface area is 139 Å². The van der Waals surface area contributed by atoms with E-state index in [0.717, 1.165) is 5.56 Å². The van der Waals surface area contributed by atoms with Crippen LogP contribution in [0.5, 0.6) is 0 Å². The third-order valence-corrected chi connectivity index (χ3v) is 4.50. The molecule has 1 heterocycles. The van der Waals surface area contributed by atoms with E-state index in [4.69, 9.17) is 5.11 Å². The van der Waals surface area contributed by atoms with Gasteiger partial charge in [-0.3, -0.25) is 9.69 Å². The van der Waals surface area contributed by atoms with E-state index in [2.05, 4.69) is 0 Å². The monoisotopic (exact) mass is 344 g/mol. The van der Waals surface area contributed by atoms with Crippen molar-refractivity contribution < 1.29 is 23.1 Å². The second-order valence-corrected chi connectivity index (χ2v) is 6.64. The summed E-state index contributed by atoms with van der Waals surface area (Å²) < 4.78 is 37.2. The highest BCUT2D eigenvalue weighted by Gasteiger charge is 2.40. The van der Waals surface area contributed by atoms with E-state index in [1.54, 1.807) is 4.90 Å². The first-order valence-electron chi connectivity index (χ1n) is 7.94. The molecule has 134 valence electrons. The average molecular weight is 344 g/mol. The zero-order valence-corrected chi connectivity index (χ0v) is 13.9. The highest BCUT2D eigenvalue weighted by Crippen LogP contribution is 2.26. The maximum atomic E-state index is 12.8. The fraction of sp³-hybridized carbons (Fsp3) is 0.588. The minimum atomic E-state index is -4.61. The van der Waals surface area contributed by atoms with E-state index in [0.29, 0.717) is 26.2 Å². The molecule has 1 aliphatic rings. The van der Waals surface area contributed by atoms with Gasteiger partial charge < -0.3 is 10.0 Å². The molecule has 1 aromatic carbocycles. The Kier molecular flexibility index (Phi) is 5.55. The molecule has 0 spiro atoms. The molecule has 0 aliphatic carbocycles. The number of β-amino-alcohol motifs (C(OH)–C–C–N with tert-alkyl or cyclic N) is 1. The van der Waals surface area contributed by atoms with E-state index < -0.39 is 24.2 Å². The SMILES string of the molecule is CC(C)(C(=O)N1CCN(CC(O)C(F)(F)F)CC1)c1ccccc1. The third kappa shape index (κ3) is 4.27. The number of piperazine rings is 1. The van der Waals surface area contributed by atoms with Crippen molar-refractivity contribution in [3.63, 3.8) is 0 Å². The van der Waals surface area contributed by atoms with Crippen LogP contribution < -0.4 is 0 Å². The Balaban J connectivity index is 1.93. The molecular weight excluding hydrogens is 321 g/mol. The van der Waals surface area contributed by atoms with Gasteiger partial charge in [0.25, 0.3) is 0 Å². The Hall–Kier alpha value is -1.60. The zero-order valence-electron chi connectivity index (χ0n) is 13.9. The molecule has 24 heavy (non-hydrogen) atoms. The van der Waals surface area contributed by atoms with Gasteiger partial charge in [0.05, 0.1) is 5.41 Å². The Morgan fingerprint density at radius 1 is 1.12 bits per heavy atom. The molecule has 1 unspecified atom stereocenters. The molecule has 1 N–H and O–H groups in total. The zero-order chi connectivity index (χ0) is 18.0. The Morgan fingerprint density at radius 3 is 2.17 bits per heavy atom. The lowest BCUT2D eigenvalue weighted by molar-refractivity contribution is -0.209. The van der Waals surface area contributed by atoms with E-state index in [9.17, 15) is 18.0 Å². The second kappa shape index (κ2) is 7.11. The fourth-order valence-electron chi connectivity index (χ4n) is 2.86. The van der Waals surface area contributed by atoms with Gasteiger partial charge in [0.2, 0.25) is 5.91 Å². The maximum Gasteiger partial charge on any atom is 0.415 e. The van der Waals surface area contributed by atoms with Crippen molar-refractivity contribution in [1.29, 1.82) is 0 Å². The van der Waals surface area contributed by atoms with Crippen LogP contribution in [0.25, 0.3) is 0 Å². The van der Waals surface area contributed by atoms with Crippen molar-refractivity contribution in [2.45, 2.75) is 31.5 Å². The predicted molar refractivity (Wildman–Crippen MR) is 84.5 cm³/mol. The van der Waals surface area contributed by atoms with Gasteiger partial charge >= 0.3 is 6.18 Å². The van der Waals surface area contributed by atoms with Crippen LogP contribution in [0.2, 0.25) is 0 Å². The Bertz CT molecular complexity index is 553. The summed E-state index contributed by atoms with van der Waals surface area (Å²) in [6, 6.07) is 9.43. The number of carbonyl (C=O) groups excluding carboxylic acids is 1. The molecule has 4 nitrogen and oxygen atoms in total. The molecular formula is C17H23F3N2O2. The first-order chi connectivity index (χ1) is 11.1. The number of aliphatic hydroxyl groups excluding tert-OH is 1. The number of aliphatic hydroxyl groups is 1. The molecule has 1 fully saturated rings. The second-order valence-electron chi connectivity index (χ2n) is 6.64. The van der Waals surface area contributed by atoms with Gasteiger partial charge in [-0.1, -0.05) is 30.3 Å². The van der Waals surface area contributed by atoms with Crippen molar-refractivity contribution >= 4 is 5.91 Å². The molecule has 7 heteroatoms. The first kappa shape index (κ1) is 18.7. The van der Waals surface area contributed by atoms with Crippen molar-refractivity contribution in [3.05, 3.63) is 35.9 Å². The summed E-state index contributed by atoms with van der Waals surface area (Å²) >= 11 is 0. The van der Waals surface area contributed by atoms with Crippen LogP contribution in [-0.4, -0.2) is 65.8 Å². The quantitative estimate of drug-likeness (QED) is 0.909. The van der Waals surface area contributed by atoms with Crippen LogP contribution in [0.1, 0.15) is 19.4 Å². The van der Waals surface area contributed by atoms with Gasteiger partial charge in [0, 0.05) is 32.7 Å². The summed E-state index contributed by atoms with van der Waals surface area (Å²) in [4.78, 5) is 16.0. The van der Waals surface area contributed by atoms with Crippen molar-refractivity contribution in [1.82, 2.24) is 9.80 Å². The number of hydrogen-bond acceptors (Lipinski definition) is 3. The molecule has 1 amide bonds. The third-order valence-electron chi connectivity index (χ3n) is 4.50. The molecule has 0 aromatic heterocycles. The maximum absolute atomic E-state index is 12.8. The summed E-state index contributed by atoms with van der Waals surface area (Å²) in [5, 5.41) is 9.14. The van der Waals surface area contributed by atoms with Crippen LogP contribution in [0.3, 0.4) is 0 Å². The molecule has 0 saturated carbocycles. The van der Waals surface area contributed by atoms with Gasteiger partial charge in [-0.25, -0.2) is 0 Å². The van der Waals surface area contributed by atoms with Crippen LogP contribution in [0, 0.1) is 0 Å². The van der Waals surface area contributed by atoms with Crippen molar-refractivity contribution in [2.75, 3.05) is 32.7 Å². The van der Waals surface area contributed by atoms with Crippen LogP contribution in [-0.2, 0) is 10.2 Å². The lowest BCUT2D eigenvalue weighted by Crippen LogP contribution is -2.55. The van der Waals surface area contributed by atoms with E-state index in [1.165, 1.54) is 4.90 Å². The number of alkyl halides is 3. The lowest BCUT2D eigenvalue weighted by Gasteiger charge is -2.39. The summed E-state index contributed by atoms with van der Waals surface area (Å²) in [7, 11) is 0. The minimum absolute atomic E-state index is 0.0373. The van der Waals surface area contributed by atoms with Crippen LogP contribution in [0.4, 0.5) is 13.2 Å². The summed E-state index contributed by atoms with van der Waals surface area (Å²) in [6.45, 7) is 4.62. The van der Waals surface area contributed by atoms with Gasteiger partial charge in [-0.05, 0) is 19.4 Å². The smallest absolute Gasteiger partial charge is 0.382 e. The Morgan fingerprint density at radius 2 is 1.67 bits per heavy atom. The number of benzene rings is 1. The van der Waals surface area contributed by atoms with E-state index >= 15 is 0 Å². The van der Waals surface area contributed by atoms with Crippen LogP contribution >= 0.6 is 0 Å². The van der Waals surface area contributed by atoms with Gasteiger partial charge in [-0.2, -0.15) is 13.2 Å². The molecule has 0 radical (unpaired) electrons. The molecule has 0 bridgehead atoms. The number of carbonyl (C=O) groups is 1. The summed E-state index contributed by atoms with van der Waals surface area (Å²) in [5.41, 5.74) is 0.222. The number of halogens is 3. The largest absolute Gasteiger partial charge is 0.415 e. The number of nitrogens with zero attached hydrogens (tertiary/aromatic N) is 2. The first-order valence-corrected chi connectivity index (χ1v) is 7.94. The van der Waals surface area contributed by atoms with E-state index in [1.807, 2.05) is 44.2 Å². The average Bonchev–Trinajstić information content (AvgIpc) is 2.55.